The molecule has 2 aliphatic heterocycles. The van der Waals surface area contributed by atoms with Crippen LogP contribution in [0, 0.1) is 0 Å². The zero-order chi connectivity index (χ0) is 10.7. The van der Waals surface area contributed by atoms with Gasteiger partial charge in [0.05, 0.1) is 0 Å². The van der Waals surface area contributed by atoms with Gasteiger partial charge in [0.2, 0.25) is 0 Å². The van der Waals surface area contributed by atoms with Crippen molar-refractivity contribution in [3.05, 3.63) is 0 Å². The lowest BCUT2D eigenvalue weighted by atomic mass is 10.1. The summed E-state index contributed by atoms with van der Waals surface area (Å²) in [6.45, 7) is 2.69. The van der Waals surface area contributed by atoms with Gasteiger partial charge in [0.25, 0.3) is 5.91 Å². The van der Waals surface area contributed by atoms with E-state index in [2.05, 4.69) is 5.32 Å². The lowest BCUT2D eigenvalue weighted by Crippen LogP contribution is -2.45. The predicted molar refractivity (Wildman–Crippen MR) is 64.9 cm³/mol. The number of likely N-dealkylation sites (N-methyl/N-ethyl adjacent to an activating group) is 1. The fraction of sp³-hybridized carbons (Fsp3) is 0.909. The summed E-state index contributed by atoms with van der Waals surface area (Å²) >= 11 is 0. The van der Waals surface area contributed by atoms with Gasteiger partial charge in [-0.05, 0) is 32.2 Å². The Morgan fingerprint density at radius 1 is 1.38 bits per heavy atom. The van der Waals surface area contributed by atoms with E-state index in [1.165, 1.54) is 0 Å². The predicted octanol–water partition coefficient (Wildman–Crippen LogP) is 0.798. The van der Waals surface area contributed by atoms with Crippen molar-refractivity contribution in [3.63, 3.8) is 0 Å². The molecule has 0 radical (unpaired) electrons. The first-order chi connectivity index (χ1) is 7.29. The van der Waals surface area contributed by atoms with Crippen LogP contribution in [0.3, 0.4) is 0 Å². The van der Waals surface area contributed by atoms with E-state index in [-0.39, 0.29) is 24.4 Å². The molecule has 0 aromatic heterocycles. The van der Waals surface area contributed by atoms with E-state index in [9.17, 15) is 4.79 Å². The van der Waals surface area contributed by atoms with E-state index in [1.54, 1.807) is 0 Å². The van der Waals surface area contributed by atoms with Gasteiger partial charge in [0.1, 0.15) is 6.10 Å². The molecular weight excluding hydrogens is 228 g/mol. The molecule has 1 amide bonds. The summed E-state index contributed by atoms with van der Waals surface area (Å²) in [5.74, 6) is 0.170. The minimum atomic E-state index is -0.177. The van der Waals surface area contributed by atoms with Crippen LogP contribution in [-0.4, -0.2) is 49.7 Å². The molecule has 0 aliphatic carbocycles. The number of halogens is 1. The number of nitrogens with one attached hydrogen (secondary N) is 1. The van der Waals surface area contributed by atoms with Crippen molar-refractivity contribution in [3.8, 4) is 0 Å². The third kappa shape index (κ3) is 3.09. The molecule has 1 N–H and O–H groups in total. The van der Waals surface area contributed by atoms with Gasteiger partial charge in [-0.1, -0.05) is 0 Å². The molecule has 2 aliphatic rings. The number of hydrogen-bond donors (Lipinski definition) is 1. The van der Waals surface area contributed by atoms with E-state index in [1.807, 2.05) is 11.9 Å². The van der Waals surface area contributed by atoms with Crippen LogP contribution in [-0.2, 0) is 9.53 Å². The van der Waals surface area contributed by atoms with Crippen molar-refractivity contribution in [2.75, 3.05) is 26.7 Å². The van der Waals surface area contributed by atoms with Crippen LogP contribution in [0.25, 0.3) is 0 Å². The second-order valence-electron chi connectivity index (χ2n) is 4.45. The summed E-state index contributed by atoms with van der Waals surface area (Å²) in [7, 11) is 1.90. The van der Waals surface area contributed by atoms with Crippen molar-refractivity contribution in [1.29, 1.82) is 0 Å². The Kier molecular flexibility index (Phi) is 5.52. The lowest BCUT2D eigenvalue weighted by Gasteiger charge is -2.30. The first kappa shape index (κ1) is 13.7. The molecule has 5 heteroatoms. The molecule has 0 aromatic rings. The van der Waals surface area contributed by atoms with E-state index >= 15 is 0 Å². The molecule has 4 nitrogen and oxygen atoms in total. The Morgan fingerprint density at radius 3 is 2.75 bits per heavy atom. The molecule has 2 heterocycles. The number of rotatable bonds is 2. The third-order valence-corrected chi connectivity index (χ3v) is 3.38. The topological polar surface area (TPSA) is 41.6 Å². The average Bonchev–Trinajstić information content (AvgIpc) is 2.82. The van der Waals surface area contributed by atoms with Gasteiger partial charge < -0.3 is 15.0 Å². The summed E-state index contributed by atoms with van der Waals surface area (Å²) in [6, 6.07) is 0.364. The van der Waals surface area contributed by atoms with Crippen molar-refractivity contribution < 1.29 is 9.53 Å². The second kappa shape index (κ2) is 6.42. The van der Waals surface area contributed by atoms with Crippen LogP contribution >= 0.6 is 12.4 Å². The van der Waals surface area contributed by atoms with E-state index in [4.69, 9.17) is 4.74 Å². The van der Waals surface area contributed by atoms with E-state index in [0.29, 0.717) is 6.04 Å². The lowest BCUT2D eigenvalue weighted by molar-refractivity contribution is -0.146. The van der Waals surface area contributed by atoms with Gasteiger partial charge in [-0.25, -0.2) is 0 Å². The van der Waals surface area contributed by atoms with Gasteiger partial charge in [-0.15, -0.1) is 12.4 Å². The standard InChI is InChI=1S/C11H20N2O2.ClH/c1-13(9-5-6-12-8-9)11(14)10-4-2-3-7-15-10;/h9-10,12H,2-8H2,1H3;1H. The molecule has 2 fully saturated rings. The smallest absolute Gasteiger partial charge is 0.251 e. The first-order valence-corrected chi connectivity index (χ1v) is 5.88. The van der Waals surface area contributed by atoms with Crippen molar-refractivity contribution in [1.82, 2.24) is 10.2 Å². The largest absolute Gasteiger partial charge is 0.368 e. The fourth-order valence-corrected chi connectivity index (χ4v) is 2.31. The number of carbonyl (C=O) groups excluding carboxylic acids is 1. The van der Waals surface area contributed by atoms with Crippen molar-refractivity contribution in [2.24, 2.45) is 0 Å². The number of hydrogen-bond acceptors (Lipinski definition) is 3. The average molecular weight is 249 g/mol. The minimum Gasteiger partial charge on any atom is -0.368 e. The minimum absolute atomic E-state index is 0. The highest BCUT2D eigenvalue weighted by Gasteiger charge is 2.30. The Hall–Kier alpha value is -0.320. The van der Waals surface area contributed by atoms with Crippen molar-refractivity contribution in [2.45, 2.75) is 37.8 Å². The third-order valence-electron chi connectivity index (χ3n) is 3.38. The number of nitrogens with zero attached hydrogens (tertiary/aromatic N) is 1. The van der Waals surface area contributed by atoms with Gasteiger partial charge >= 0.3 is 0 Å². The normalized spacial score (nSPS) is 29.6. The highest BCUT2D eigenvalue weighted by Crippen LogP contribution is 2.17. The van der Waals surface area contributed by atoms with Crippen LogP contribution in [0.4, 0.5) is 0 Å². The maximum Gasteiger partial charge on any atom is 0.251 e. The Labute approximate surface area is 103 Å². The number of ether oxygens (including phenoxy) is 1. The first-order valence-electron chi connectivity index (χ1n) is 5.88. The van der Waals surface area contributed by atoms with Gasteiger partial charge in [-0.2, -0.15) is 0 Å². The van der Waals surface area contributed by atoms with E-state index in [0.717, 1.165) is 45.4 Å². The molecule has 2 atom stereocenters. The summed E-state index contributed by atoms with van der Waals surface area (Å²) in [4.78, 5) is 13.9. The molecule has 0 aromatic carbocycles. The van der Waals surface area contributed by atoms with E-state index < -0.39 is 0 Å². The molecule has 2 rings (SSSR count). The highest BCUT2D eigenvalue weighted by atomic mass is 35.5. The summed E-state index contributed by atoms with van der Waals surface area (Å²) in [6.07, 6.45) is 3.99. The maximum atomic E-state index is 12.1. The van der Waals surface area contributed by atoms with Crippen molar-refractivity contribution >= 4 is 18.3 Å². The Morgan fingerprint density at radius 2 is 2.19 bits per heavy atom. The van der Waals surface area contributed by atoms with Gasteiger partial charge in [-0.3, -0.25) is 4.79 Å². The van der Waals surface area contributed by atoms with Gasteiger partial charge in [0.15, 0.2) is 0 Å². The number of carbonyl (C=O) groups is 1. The highest BCUT2D eigenvalue weighted by molar-refractivity contribution is 5.85. The maximum absolute atomic E-state index is 12.1. The summed E-state index contributed by atoms with van der Waals surface area (Å²) < 4.78 is 5.51. The molecule has 2 unspecified atom stereocenters. The molecule has 2 saturated heterocycles. The Balaban J connectivity index is 0.00000128. The van der Waals surface area contributed by atoms with Crippen LogP contribution in [0.2, 0.25) is 0 Å². The molecule has 94 valence electrons. The van der Waals surface area contributed by atoms with Crippen LogP contribution in [0.15, 0.2) is 0 Å². The van der Waals surface area contributed by atoms with Crippen LogP contribution < -0.4 is 5.32 Å². The quantitative estimate of drug-likeness (QED) is 0.786. The zero-order valence-electron chi connectivity index (χ0n) is 9.78. The molecule has 0 saturated carbocycles. The molecule has 0 bridgehead atoms. The second-order valence-corrected chi connectivity index (χ2v) is 4.45. The molecule has 16 heavy (non-hydrogen) atoms. The molecular formula is C11H21ClN2O2. The van der Waals surface area contributed by atoms with Crippen LogP contribution in [0.1, 0.15) is 25.7 Å². The Bertz CT molecular complexity index is 226. The zero-order valence-corrected chi connectivity index (χ0v) is 10.6. The summed E-state index contributed by atoms with van der Waals surface area (Å²) in [5, 5.41) is 3.28. The van der Waals surface area contributed by atoms with Crippen LogP contribution in [0.5, 0.6) is 0 Å². The molecule has 0 spiro atoms. The summed E-state index contributed by atoms with van der Waals surface area (Å²) in [5.41, 5.74) is 0. The van der Waals surface area contributed by atoms with Gasteiger partial charge in [0, 0.05) is 26.2 Å². The fourth-order valence-electron chi connectivity index (χ4n) is 2.31. The number of amides is 1. The SMILES string of the molecule is CN(C(=O)C1CCCCO1)C1CCNC1.Cl. The monoisotopic (exact) mass is 248 g/mol.